The number of aryl methyl sites for hydroxylation is 1. The van der Waals surface area contributed by atoms with Crippen LogP contribution in [0, 0.1) is 0 Å². The molecule has 62 valence electrons. The Hall–Kier alpha value is -1.58. The minimum absolute atomic E-state index is 0.654. The molecule has 0 saturated carbocycles. The number of hydrogen-bond acceptors (Lipinski definition) is 2. The zero-order valence-electron chi connectivity index (χ0n) is 7.31. The van der Waals surface area contributed by atoms with E-state index in [1.807, 2.05) is 25.2 Å². The maximum Gasteiger partial charge on any atom is 0.119 e. The van der Waals surface area contributed by atoms with Crippen molar-refractivity contribution in [3.63, 3.8) is 0 Å². The molecule has 0 aromatic carbocycles. The van der Waals surface area contributed by atoms with E-state index in [0.717, 1.165) is 11.4 Å². The van der Waals surface area contributed by atoms with E-state index in [1.165, 1.54) is 0 Å². The third kappa shape index (κ3) is 1.35. The second-order valence-corrected chi connectivity index (χ2v) is 2.79. The number of aromatic nitrogens is 3. The summed E-state index contributed by atoms with van der Waals surface area (Å²) in [6, 6.07) is 5.71. The van der Waals surface area contributed by atoms with E-state index in [2.05, 4.69) is 10.1 Å². The lowest BCUT2D eigenvalue weighted by atomic mass is 9.95. The van der Waals surface area contributed by atoms with Crippen molar-refractivity contribution in [3.05, 3.63) is 30.6 Å². The molecular formula is C9H8BN3. The molecule has 4 heteroatoms. The zero-order valence-corrected chi connectivity index (χ0v) is 7.31. The second-order valence-electron chi connectivity index (χ2n) is 2.79. The number of pyridine rings is 1. The number of rotatable bonds is 1. The first-order valence-corrected chi connectivity index (χ1v) is 3.98. The Labute approximate surface area is 77.8 Å². The summed E-state index contributed by atoms with van der Waals surface area (Å²) in [4.78, 5) is 4.20. The molecule has 0 N–H and O–H groups in total. The average Bonchev–Trinajstić information content (AvgIpc) is 2.48. The van der Waals surface area contributed by atoms with Gasteiger partial charge in [-0.15, -0.1) is 0 Å². The lowest BCUT2D eigenvalue weighted by Gasteiger charge is -2.01. The topological polar surface area (TPSA) is 30.7 Å². The third-order valence-corrected chi connectivity index (χ3v) is 1.87. The molecule has 0 saturated heterocycles. The Balaban J connectivity index is 2.59. The standard InChI is InChI=1S/C9H8BN3/c1-13-9(7(10)6-12-13)8-4-2-3-5-11-8/h2-6H,1H3. The zero-order chi connectivity index (χ0) is 9.26. The number of nitrogens with zero attached hydrogens (tertiary/aromatic N) is 3. The fourth-order valence-electron chi connectivity index (χ4n) is 1.27. The summed E-state index contributed by atoms with van der Waals surface area (Å²) in [5, 5.41) is 4.04. The Morgan fingerprint density at radius 2 is 2.23 bits per heavy atom. The first-order chi connectivity index (χ1) is 6.29. The minimum Gasteiger partial charge on any atom is -0.267 e. The van der Waals surface area contributed by atoms with Gasteiger partial charge in [-0.3, -0.25) is 9.67 Å². The summed E-state index contributed by atoms with van der Waals surface area (Å²) in [6.07, 6.45) is 3.37. The lowest BCUT2D eigenvalue weighted by Crippen LogP contribution is -2.06. The molecule has 3 nitrogen and oxygen atoms in total. The van der Waals surface area contributed by atoms with E-state index in [0.29, 0.717) is 5.46 Å². The van der Waals surface area contributed by atoms with Crippen LogP contribution in [-0.4, -0.2) is 22.6 Å². The van der Waals surface area contributed by atoms with E-state index < -0.39 is 0 Å². The van der Waals surface area contributed by atoms with Gasteiger partial charge in [0, 0.05) is 19.4 Å². The largest absolute Gasteiger partial charge is 0.267 e. The predicted molar refractivity (Wildman–Crippen MR) is 51.8 cm³/mol. The molecule has 0 aliphatic heterocycles. The molecule has 0 bridgehead atoms. The number of hydrogen-bond donors (Lipinski definition) is 0. The van der Waals surface area contributed by atoms with Crippen LogP contribution in [0.4, 0.5) is 0 Å². The fourth-order valence-corrected chi connectivity index (χ4v) is 1.27. The molecule has 2 heterocycles. The molecule has 0 spiro atoms. The van der Waals surface area contributed by atoms with Crippen LogP contribution < -0.4 is 5.46 Å². The Bertz CT molecular complexity index is 389. The second kappa shape index (κ2) is 3.05. The van der Waals surface area contributed by atoms with Crippen molar-refractivity contribution in [3.8, 4) is 11.4 Å². The van der Waals surface area contributed by atoms with Gasteiger partial charge < -0.3 is 0 Å². The predicted octanol–water partition coefficient (Wildman–Crippen LogP) is 0.276. The molecule has 0 atom stereocenters. The molecule has 2 aromatic heterocycles. The fraction of sp³-hybridized carbons (Fsp3) is 0.111. The van der Waals surface area contributed by atoms with Crippen LogP contribution in [0.2, 0.25) is 0 Å². The van der Waals surface area contributed by atoms with E-state index >= 15 is 0 Å². The molecule has 2 radical (unpaired) electrons. The Morgan fingerprint density at radius 3 is 2.77 bits per heavy atom. The molecular weight excluding hydrogens is 161 g/mol. The van der Waals surface area contributed by atoms with Crippen molar-refractivity contribution in [2.75, 3.05) is 0 Å². The van der Waals surface area contributed by atoms with Crippen LogP contribution in [-0.2, 0) is 7.05 Å². The summed E-state index contributed by atoms with van der Waals surface area (Å²) in [7, 11) is 7.60. The maximum absolute atomic E-state index is 5.75. The first kappa shape index (κ1) is 8.04. The van der Waals surface area contributed by atoms with Gasteiger partial charge in [0.15, 0.2) is 0 Å². The van der Waals surface area contributed by atoms with Crippen molar-refractivity contribution in [2.24, 2.45) is 7.05 Å². The van der Waals surface area contributed by atoms with Crippen molar-refractivity contribution in [1.29, 1.82) is 0 Å². The smallest absolute Gasteiger partial charge is 0.119 e. The van der Waals surface area contributed by atoms with Gasteiger partial charge in [-0.05, 0) is 12.1 Å². The molecule has 0 aliphatic carbocycles. The highest BCUT2D eigenvalue weighted by molar-refractivity contribution is 6.35. The van der Waals surface area contributed by atoms with Crippen LogP contribution in [0.3, 0.4) is 0 Å². The monoisotopic (exact) mass is 169 g/mol. The molecule has 0 unspecified atom stereocenters. The SMILES string of the molecule is [B]c1cnn(C)c1-c1ccccn1. The Kier molecular flexibility index (Phi) is 1.89. The molecule has 13 heavy (non-hydrogen) atoms. The van der Waals surface area contributed by atoms with Gasteiger partial charge >= 0.3 is 0 Å². The highest BCUT2D eigenvalue weighted by atomic mass is 15.3. The van der Waals surface area contributed by atoms with Gasteiger partial charge in [0.05, 0.1) is 11.4 Å². The van der Waals surface area contributed by atoms with Crippen LogP contribution in [0.25, 0.3) is 11.4 Å². The van der Waals surface area contributed by atoms with Crippen LogP contribution in [0.1, 0.15) is 0 Å². The minimum atomic E-state index is 0.654. The highest BCUT2D eigenvalue weighted by Crippen LogP contribution is 2.10. The summed E-state index contributed by atoms with van der Waals surface area (Å²) in [5.41, 5.74) is 2.36. The van der Waals surface area contributed by atoms with Gasteiger partial charge in [0.1, 0.15) is 7.85 Å². The molecule has 2 aromatic rings. The van der Waals surface area contributed by atoms with Crippen LogP contribution in [0.5, 0.6) is 0 Å². The Morgan fingerprint density at radius 1 is 1.38 bits per heavy atom. The quantitative estimate of drug-likeness (QED) is 0.574. The maximum atomic E-state index is 5.75. The van der Waals surface area contributed by atoms with Gasteiger partial charge in [0.2, 0.25) is 0 Å². The van der Waals surface area contributed by atoms with Crippen molar-refractivity contribution >= 4 is 13.3 Å². The summed E-state index contributed by atoms with van der Waals surface area (Å²) < 4.78 is 1.72. The lowest BCUT2D eigenvalue weighted by molar-refractivity contribution is 0.773. The van der Waals surface area contributed by atoms with Gasteiger partial charge in [-0.2, -0.15) is 5.10 Å². The molecule has 0 fully saturated rings. The van der Waals surface area contributed by atoms with Crippen LogP contribution >= 0.6 is 0 Å². The average molecular weight is 169 g/mol. The summed E-state index contributed by atoms with van der Waals surface area (Å²) in [5.74, 6) is 0. The van der Waals surface area contributed by atoms with Gasteiger partial charge in [0.25, 0.3) is 0 Å². The van der Waals surface area contributed by atoms with Crippen molar-refractivity contribution in [1.82, 2.24) is 14.8 Å². The van der Waals surface area contributed by atoms with E-state index in [4.69, 9.17) is 7.85 Å². The van der Waals surface area contributed by atoms with E-state index in [1.54, 1.807) is 17.1 Å². The van der Waals surface area contributed by atoms with Crippen LogP contribution in [0.15, 0.2) is 30.6 Å². The molecule has 2 rings (SSSR count). The van der Waals surface area contributed by atoms with E-state index in [-0.39, 0.29) is 0 Å². The summed E-state index contributed by atoms with van der Waals surface area (Å²) in [6.45, 7) is 0. The van der Waals surface area contributed by atoms with Gasteiger partial charge in [-0.25, -0.2) is 0 Å². The highest BCUT2D eigenvalue weighted by Gasteiger charge is 2.06. The third-order valence-electron chi connectivity index (χ3n) is 1.87. The molecule has 0 amide bonds. The van der Waals surface area contributed by atoms with Gasteiger partial charge in [-0.1, -0.05) is 11.5 Å². The first-order valence-electron chi connectivity index (χ1n) is 3.98. The normalized spacial score (nSPS) is 10.2. The van der Waals surface area contributed by atoms with E-state index in [9.17, 15) is 0 Å². The molecule has 0 aliphatic rings. The summed E-state index contributed by atoms with van der Waals surface area (Å²) >= 11 is 0. The van der Waals surface area contributed by atoms with Crippen molar-refractivity contribution < 1.29 is 0 Å². The van der Waals surface area contributed by atoms with Crippen molar-refractivity contribution in [2.45, 2.75) is 0 Å².